The molecule has 40 heavy (non-hydrogen) atoms. The quantitative estimate of drug-likeness (QED) is 0.295. The van der Waals surface area contributed by atoms with Crippen LogP contribution in [0, 0.1) is 19.8 Å². The van der Waals surface area contributed by atoms with Crippen LogP contribution in [0.4, 0.5) is 5.69 Å². The molecule has 0 aliphatic heterocycles. The van der Waals surface area contributed by atoms with Crippen LogP contribution in [0.3, 0.4) is 0 Å². The van der Waals surface area contributed by atoms with Gasteiger partial charge in [-0.1, -0.05) is 80.4 Å². The fourth-order valence-corrected chi connectivity index (χ4v) is 5.93. The van der Waals surface area contributed by atoms with E-state index in [0.717, 1.165) is 15.4 Å². The van der Waals surface area contributed by atoms with Crippen LogP contribution >= 0.6 is 11.6 Å². The fourth-order valence-electron chi connectivity index (χ4n) is 4.32. The number of rotatable bonds is 12. The Hall–Kier alpha value is -3.36. The van der Waals surface area contributed by atoms with E-state index in [1.807, 2.05) is 33.8 Å². The summed E-state index contributed by atoms with van der Waals surface area (Å²) in [5.74, 6) is -0.527. The van der Waals surface area contributed by atoms with E-state index in [2.05, 4.69) is 5.32 Å². The highest BCUT2D eigenvalue weighted by Crippen LogP contribution is 2.28. The molecule has 0 spiro atoms. The minimum Gasteiger partial charge on any atom is -0.354 e. The van der Waals surface area contributed by atoms with E-state index < -0.39 is 28.5 Å². The van der Waals surface area contributed by atoms with Crippen molar-refractivity contribution in [2.24, 2.45) is 5.92 Å². The highest BCUT2D eigenvalue weighted by Gasteiger charge is 2.34. The third-order valence-corrected chi connectivity index (χ3v) is 8.63. The Kier molecular flexibility index (Phi) is 10.8. The molecule has 0 unspecified atom stereocenters. The van der Waals surface area contributed by atoms with Gasteiger partial charge in [0.1, 0.15) is 12.6 Å². The summed E-state index contributed by atoms with van der Waals surface area (Å²) in [7, 11) is -4.11. The van der Waals surface area contributed by atoms with Gasteiger partial charge in [-0.25, -0.2) is 8.42 Å². The van der Waals surface area contributed by atoms with Crippen LogP contribution in [-0.2, 0) is 26.2 Å². The molecular weight excluding hydrogens is 546 g/mol. The number of sulfonamides is 1. The lowest BCUT2D eigenvalue weighted by molar-refractivity contribution is -0.140. The molecule has 0 bridgehead atoms. The lowest BCUT2D eigenvalue weighted by Gasteiger charge is -2.33. The molecule has 1 atom stereocenters. The zero-order chi connectivity index (χ0) is 29.4. The van der Waals surface area contributed by atoms with Crippen molar-refractivity contribution in [2.75, 3.05) is 17.4 Å². The average Bonchev–Trinajstić information content (AvgIpc) is 2.92. The predicted molar refractivity (Wildman–Crippen MR) is 161 cm³/mol. The Morgan fingerprint density at radius 1 is 0.925 bits per heavy atom. The molecule has 3 aromatic rings. The van der Waals surface area contributed by atoms with Gasteiger partial charge >= 0.3 is 0 Å². The van der Waals surface area contributed by atoms with Gasteiger partial charge in [0.15, 0.2) is 0 Å². The molecular formula is C31H38ClN3O4S. The van der Waals surface area contributed by atoms with Gasteiger partial charge in [-0.05, 0) is 67.6 Å². The summed E-state index contributed by atoms with van der Waals surface area (Å²) in [6, 6.07) is 19.8. The molecule has 3 rings (SSSR count). The van der Waals surface area contributed by atoms with Crippen LogP contribution in [0.2, 0.25) is 5.02 Å². The second kappa shape index (κ2) is 13.8. The molecule has 214 valence electrons. The number of aryl methyl sites for hydroxylation is 2. The average molecular weight is 584 g/mol. The minimum absolute atomic E-state index is 0.0834. The van der Waals surface area contributed by atoms with Gasteiger partial charge in [0.05, 0.1) is 10.6 Å². The number of hydrogen-bond acceptors (Lipinski definition) is 4. The van der Waals surface area contributed by atoms with Crippen molar-refractivity contribution in [3.05, 3.63) is 94.5 Å². The number of hydrogen-bond donors (Lipinski definition) is 1. The van der Waals surface area contributed by atoms with Crippen molar-refractivity contribution in [2.45, 2.75) is 58.5 Å². The lowest BCUT2D eigenvalue weighted by Crippen LogP contribution is -2.52. The first kappa shape index (κ1) is 31.2. The predicted octanol–water partition coefficient (Wildman–Crippen LogP) is 5.73. The number of carbonyl (C=O) groups is 2. The molecule has 0 aliphatic rings. The maximum absolute atomic E-state index is 14.1. The van der Waals surface area contributed by atoms with E-state index in [1.54, 1.807) is 73.7 Å². The van der Waals surface area contributed by atoms with Crippen LogP contribution in [-0.4, -0.2) is 44.3 Å². The summed E-state index contributed by atoms with van der Waals surface area (Å²) < 4.78 is 29.1. The minimum atomic E-state index is -4.11. The molecule has 0 heterocycles. The molecule has 0 fully saturated rings. The number of halogens is 1. The van der Waals surface area contributed by atoms with Gasteiger partial charge in [-0.15, -0.1) is 0 Å². The van der Waals surface area contributed by atoms with Crippen molar-refractivity contribution in [3.63, 3.8) is 0 Å². The number of para-hydroxylation sites is 1. The van der Waals surface area contributed by atoms with Gasteiger partial charge in [-0.2, -0.15) is 0 Å². The van der Waals surface area contributed by atoms with Crippen molar-refractivity contribution in [3.8, 4) is 0 Å². The summed E-state index contributed by atoms with van der Waals surface area (Å²) in [5.41, 5.74) is 2.80. The third kappa shape index (κ3) is 7.86. The fraction of sp³-hybridized carbons (Fsp3) is 0.355. The van der Waals surface area contributed by atoms with Gasteiger partial charge in [0.25, 0.3) is 10.0 Å². The van der Waals surface area contributed by atoms with E-state index >= 15 is 0 Å². The number of nitrogens with one attached hydrogen (secondary N) is 1. The topological polar surface area (TPSA) is 86.8 Å². The molecule has 0 aliphatic carbocycles. The molecule has 0 saturated carbocycles. The van der Waals surface area contributed by atoms with E-state index in [1.165, 1.54) is 4.90 Å². The first-order valence-electron chi connectivity index (χ1n) is 13.4. The van der Waals surface area contributed by atoms with Crippen molar-refractivity contribution >= 4 is 39.1 Å². The summed E-state index contributed by atoms with van der Waals surface area (Å²) >= 11 is 6.07. The van der Waals surface area contributed by atoms with Crippen LogP contribution < -0.4 is 9.62 Å². The molecule has 3 aromatic carbocycles. The number of carbonyl (C=O) groups excluding carboxylic acids is 2. The number of amides is 2. The normalized spacial score (nSPS) is 12.2. The Balaban J connectivity index is 2.05. The number of nitrogens with zero attached hydrogens (tertiary/aromatic N) is 2. The Bertz CT molecular complexity index is 1410. The molecule has 0 aromatic heterocycles. The Morgan fingerprint density at radius 3 is 2.12 bits per heavy atom. The van der Waals surface area contributed by atoms with Crippen LogP contribution in [0.1, 0.15) is 43.9 Å². The molecule has 9 heteroatoms. The van der Waals surface area contributed by atoms with Crippen LogP contribution in [0.15, 0.2) is 77.7 Å². The van der Waals surface area contributed by atoms with Gasteiger partial charge in [0, 0.05) is 18.1 Å². The summed E-state index contributed by atoms with van der Waals surface area (Å²) in [5, 5.41) is 3.49. The largest absolute Gasteiger partial charge is 0.354 e. The first-order valence-corrected chi connectivity index (χ1v) is 15.2. The van der Waals surface area contributed by atoms with Crippen molar-refractivity contribution in [1.29, 1.82) is 0 Å². The van der Waals surface area contributed by atoms with E-state index in [9.17, 15) is 18.0 Å². The highest BCUT2D eigenvalue weighted by molar-refractivity contribution is 7.92. The molecule has 2 amide bonds. The van der Waals surface area contributed by atoms with E-state index in [0.29, 0.717) is 29.2 Å². The van der Waals surface area contributed by atoms with E-state index in [4.69, 9.17) is 11.6 Å². The summed E-state index contributed by atoms with van der Waals surface area (Å²) in [4.78, 5) is 28.9. The third-order valence-electron chi connectivity index (χ3n) is 6.61. The second-order valence-electron chi connectivity index (χ2n) is 10.3. The van der Waals surface area contributed by atoms with Gasteiger partial charge in [-0.3, -0.25) is 13.9 Å². The van der Waals surface area contributed by atoms with Gasteiger partial charge < -0.3 is 10.2 Å². The SMILES string of the molecule is CC[C@H](C(=O)NCC(C)C)N(Cc1ccc(Cl)cc1)C(=O)CN(c1ccccc1C)S(=O)(=O)c1ccc(C)cc1. The van der Waals surface area contributed by atoms with Crippen molar-refractivity contribution in [1.82, 2.24) is 10.2 Å². The zero-order valence-electron chi connectivity index (χ0n) is 23.7. The Morgan fingerprint density at radius 2 is 1.55 bits per heavy atom. The van der Waals surface area contributed by atoms with E-state index in [-0.39, 0.29) is 23.3 Å². The summed E-state index contributed by atoms with van der Waals surface area (Å²) in [6.07, 6.45) is 0.359. The molecule has 1 N–H and O–H groups in total. The standard InChI is InChI=1S/C31H38ClN3O4S/c1-6-28(31(37)33-19-22(2)3)34(20-25-13-15-26(32)16-14-25)30(36)21-35(29-10-8-7-9-24(29)5)40(38,39)27-17-11-23(4)12-18-27/h7-18,22,28H,6,19-21H2,1-5H3,(H,33,37)/t28-/m1/s1. The van der Waals surface area contributed by atoms with Crippen LogP contribution in [0.5, 0.6) is 0 Å². The van der Waals surface area contributed by atoms with Crippen LogP contribution in [0.25, 0.3) is 0 Å². The van der Waals surface area contributed by atoms with Crippen molar-refractivity contribution < 1.29 is 18.0 Å². The zero-order valence-corrected chi connectivity index (χ0v) is 25.3. The highest BCUT2D eigenvalue weighted by atomic mass is 35.5. The maximum Gasteiger partial charge on any atom is 0.264 e. The van der Waals surface area contributed by atoms with Gasteiger partial charge in [0.2, 0.25) is 11.8 Å². The molecule has 7 nitrogen and oxygen atoms in total. The lowest BCUT2D eigenvalue weighted by atomic mass is 10.1. The number of benzene rings is 3. The Labute approximate surface area is 243 Å². The monoisotopic (exact) mass is 583 g/mol. The number of anilines is 1. The smallest absolute Gasteiger partial charge is 0.264 e. The first-order chi connectivity index (χ1) is 18.9. The second-order valence-corrected chi connectivity index (χ2v) is 12.6. The molecule has 0 saturated heterocycles. The summed E-state index contributed by atoms with van der Waals surface area (Å²) in [6.45, 7) is 9.62. The maximum atomic E-state index is 14.1. The molecule has 0 radical (unpaired) electrons.